The number of ether oxygens (including phenoxy) is 1. The van der Waals surface area contributed by atoms with E-state index in [-0.39, 0.29) is 0 Å². The van der Waals surface area contributed by atoms with Crippen LogP contribution in [-0.2, 0) is 6.18 Å². The average Bonchev–Trinajstić information content (AvgIpc) is 2.25. The van der Waals surface area contributed by atoms with E-state index in [9.17, 15) is 31.1 Å². The van der Waals surface area contributed by atoms with Crippen LogP contribution in [0.25, 0.3) is 0 Å². The summed E-state index contributed by atoms with van der Waals surface area (Å²) in [7, 11) is 0. The monoisotopic (exact) mass is 302 g/mol. The third-order valence-electron chi connectivity index (χ3n) is 2.18. The molecule has 0 bridgehead atoms. The van der Waals surface area contributed by atoms with Gasteiger partial charge in [-0.1, -0.05) is 0 Å². The standard InChI is InChI=1S/C11H8F6O3/c12-10(13,14)3-4-20-6-1-2-7(9(18)19)8(5-6)11(15,16)17/h1-2,5H,3-4H2,(H,18,19). The number of hydrogen-bond donors (Lipinski definition) is 1. The van der Waals surface area contributed by atoms with Gasteiger partial charge in [-0.25, -0.2) is 4.79 Å². The van der Waals surface area contributed by atoms with Crippen LogP contribution in [0, 0.1) is 0 Å². The molecule has 1 rings (SSSR count). The third-order valence-corrected chi connectivity index (χ3v) is 2.18. The Balaban J connectivity index is 2.93. The maximum atomic E-state index is 12.6. The summed E-state index contributed by atoms with van der Waals surface area (Å²) in [5.74, 6) is -2.27. The second kappa shape index (κ2) is 5.59. The molecule has 0 unspecified atom stereocenters. The van der Waals surface area contributed by atoms with Crippen molar-refractivity contribution in [2.24, 2.45) is 0 Å². The number of aromatic carboxylic acids is 1. The lowest BCUT2D eigenvalue weighted by Gasteiger charge is -2.13. The molecule has 0 heterocycles. The van der Waals surface area contributed by atoms with Crippen molar-refractivity contribution in [1.82, 2.24) is 0 Å². The van der Waals surface area contributed by atoms with Crippen molar-refractivity contribution in [3.05, 3.63) is 29.3 Å². The van der Waals surface area contributed by atoms with Crippen molar-refractivity contribution >= 4 is 5.97 Å². The van der Waals surface area contributed by atoms with Gasteiger partial charge < -0.3 is 9.84 Å². The Morgan fingerprint density at radius 3 is 2.20 bits per heavy atom. The van der Waals surface area contributed by atoms with Crippen LogP contribution in [-0.4, -0.2) is 23.9 Å². The van der Waals surface area contributed by atoms with E-state index in [0.29, 0.717) is 12.1 Å². The van der Waals surface area contributed by atoms with Gasteiger partial charge in [-0.15, -0.1) is 0 Å². The largest absolute Gasteiger partial charge is 0.493 e. The van der Waals surface area contributed by atoms with E-state index in [1.165, 1.54) is 0 Å². The molecular weight excluding hydrogens is 294 g/mol. The van der Waals surface area contributed by atoms with Gasteiger partial charge in [-0.3, -0.25) is 0 Å². The van der Waals surface area contributed by atoms with E-state index in [4.69, 9.17) is 5.11 Å². The molecule has 0 saturated carbocycles. The van der Waals surface area contributed by atoms with Crippen LogP contribution in [0.4, 0.5) is 26.3 Å². The van der Waals surface area contributed by atoms with Gasteiger partial charge in [-0.2, -0.15) is 26.3 Å². The molecule has 3 nitrogen and oxygen atoms in total. The molecule has 0 aliphatic rings. The summed E-state index contributed by atoms with van der Waals surface area (Å²) < 4.78 is 77.9. The van der Waals surface area contributed by atoms with Gasteiger partial charge in [0.05, 0.1) is 24.2 Å². The average molecular weight is 302 g/mol. The van der Waals surface area contributed by atoms with E-state index >= 15 is 0 Å². The molecule has 0 atom stereocenters. The number of alkyl halides is 6. The fraction of sp³-hybridized carbons (Fsp3) is 0.364. The number of carboxylic acid groups (broad SMARTS) is 1. The maximum Gasteiger partial charge on any atom is 0.417 e. The second-order valence-electron chi connectivity index (χ2n) is 3.72. The number of benzene rings is 1. The summed E-state index contributed by atoms with van der Waals surface area (Å²) in [5.41, 5.74) is -2.48. The minimum atomic E-state index is -4.95. The molecule has 0 aromatic heterocycles. The Labute approximate surface area is 108 Å². The first kappa shape index (κ1) is 16.1. The molecule has 0 amide bonds. The van der Waals surface area contributed by atoms with E-state index in [1.54, 1.807) is 0 Å². The van der Waals surface area contributed by atoms with E-state index in [0.717, 1.165) is 6.07 Å². The first-order valence-electron chi connectivity index (χ1n) is 5.15. The third kappa shape index (κ3) is 4.63. The lowest BCUT2D eigenvalue weighted by Crippen LogP contribution is -2.15. The normalized spacial score (nSPS) is 12.3. The molecule has 0 aliphatic carbocycles. The molecule has 112 valence electrons. The Morgan fingerprint density at radius 2 is 1.75 bits per heavy atom. The van der Waals surface area contributed by atoms with Gasteiger partial charge >= 0.3 is 18.3 Å². The highest BCUT2D eigenvalue weighted by Gasteiger charge is 2.36. The van der Waals surface area contributed by atoms with Crippen LogP contribution >= 0.6 is 0 Å². The summed E-state index contributed by atoms with van der Waals surface area (Å²) >= 11 is 0. The Bertz CT molecular complexity index is 492. The van der Waals surface area contributed by atoms with Gasteiger partial charge in [0.2, 0.25) is 0 Å². The molecule has 0 fully saturated rings. The van der Waals surface area contributed by atoms with Gasteiger partial charge in [0.1, 0.15) is 5.75 Å². The van der Waals surface area contributed by atoms with Crippen LogP contribution in [0.5, 0.6) is 5.75 Å². The van der Waals surface area contributed by atoms with Gasteiger partial charge in [0, 0.05) is 0 Å². The first-order chi connectivity index (χ1) is 9.00. The van der Waals surface area contributed by atoms with Crippen molar-refractivity contribution in [3.8, 4) is 5.75 Å². The van der Waals surface area contributed by atoms with Crippen LogP contribution in [0.3, 0.4) is 0 Å². The molecule has 0 saturated heterocycles. The fourth-order valence-electron chi connectivity index (χ4n) is 1.32. The second-order valence-corrected chi connectivity index (χ2v) is 3.72. The minimum Gasteiger partial charge on any atom is -0.493 e. The molecule has 9 heteroatoms. The molecule has 1 aromatic rings. The van der Waals surface area contributed by atoms with E-state index < -0.39 is 48.2 Å². The number of carbonyl (C=O) groups is 1. The first-order valence-corrected chi connectivity index (χ1v) is 5.15. The summed E-state index contributed by atoms with van der Waals surface area (Å²) in [6.07, 6.45) is -10.8. The highest BCUT2D eigenvalue weighted by Crippen LogP contribution is 2.34. The molecule has 0 aliphatic heterocycles. The SMILES string of the molecule is O=C(O)c1ccc(OCCC(F)(F)F)cc1C(F)(F)F. The molecular formula is C11H8F6O3. The zero-order valence-corrected chi connectivity index (χ0v) is 9.68. The van der Waals surface area contributed by atoms with Crippen molar-refractivity contribution in [2.45, 2.75) is 18.8 Å². The summed E-state index contributed by atoms with van der Waals surface area (Å²) in [5, 5.41) is 8.61. The zero-order valence-electron chi connectivity index (χ0n) is 9.68. The van der Waals surface area contributed by atoms with E-state index in [2.05, 4.69) is 4.74 Å². The van der Waals surface area contributed by atoms with Gasteiger partial charge in [0.15, 0.2) is 0 Å². The fourth-order valence-corrected chi connectivity index (χ4v) is 1.32. The quantitative estimate of drug-likeness (QED) is 0.862. The van der Waals surface area contributed by atoms with Crippen LogP contribution in [0.1, 0.15) is 22.3 Å². The zero-order chi connectivity index (χ0) is 15.6. The predicted octanol–water partition coefficient (Wildman–Crippen LogP) is 3.73. The summed E-state index contributed by atoms with van der Waals surface area (Å²) in [4.78, 5) is 10.6. The molecule has 1 N–H and O–H groups in total. The highest BCUT2D eigenvalue weighted by molar-refractivity contribution is 5.89. The lowest BCUT2D eigenvalue weighted by molar-refractivity contribution is -0.141. The molecule has 20 heavy (non-hydrogen) atoms. The van der Waals surface area contributed by atoms with Crippen molar-refractivity contribution in [2.75, 3.05) is 6.61 Å². The molecule has 1 aromatic carbocycles. The van der Waals surface area contributed by atoms with Crippen LogP contribution in [0.15, 0.2) is 18.2 Å². The van der Waals surface area contributed by atoms with Crippen LogP contribution < -0.4 is 4.74 Å². The Morgan fingerprint density at radius 1 is 1.15 bits per heavy atom. The summed E-state index contributed by atoms with van der Waals surface area (Å²) in [6, 6.07) is 1.86. The van der Waals surface area contributed by atoms with Crippen molar-refractivity contribution in [3.63, 3.8) is 0 Å². The summed E-state index contributed by atoms with van der Waals surface area (Å²) in [6.45, 7) is -0.854. The van der Waals surface area contributed by atoms with Crippen molar-refractivity contribution < 1.29 is 41.0 Å². The van der Waals surface area contributed by atoms with Gasteiger partial charge in [0.25, 0.3) is 0 Å². The maximum absolute atomic E-state index is 12.6. The number of carboxylic acids is 1. The van der Waals surface area contributed by atoms with Gasteiger partial charge in [-0.05, 0) is 18.2 Å². The Kier molecular flexibility index (Phi) is 4.51. The highest BCUT2D eigenvalue weighted by atomic mass is 19.4. The minimum absolute atomic E-state index is 0.361. The number of rotatable bonds is 4. The lowest BCUT2D eigenvalue weighted by atomic mass is 10.1. The molecule has 0 spiro atoms. The topological polar surface area (TPSA) is 46.5 Å². The Hall–Kier alpha value is -1.93. The smallest absolute Gasteiger partial charge is 0.417 e. The molecule has 0 radical (unpaired) electrons. The number of halogens is 6. The number of hydrogen-bond acceptors (Lipinski definition) is 2. The predicted molar refractivity (Wildman–Crippen MR) is 54.6 cm³/mol. The van der Waals surface area contributed by atoms with Crippen molar-refractivity contribution in [1.29, 1.82) is 0 Å². The van der Waals surface area contributed by atoms with Crippen LogP contribution in [0.2, 0.25) is 0 Å². The van der Waals surface area contributed by atoms with E-state index in [1.807, 2.05) is 0 Å².